The highest BCUT2D eigenvalue weighted by molar-refractivity contribution is 5.94. The topological polar surface area (TPSA) is 287 Å². The number of nitrogens with two attached hydrogens (primary N) is 4. The number of aliphatic imine (C=N–C) groups is 1. The summed E-state index contributed by atoms with van der Waals surface area (Å²) in [6.45, 7) is 3.83. The molecular formula is C23H40N10O6. The molecule has 16 nitrogen and oxygen atoms in total. The molecule has 0 aliphatic rings. The standard InChI is InChI=1S/C23H40N10O6/c1-3-12(2)18(33-19(35)14(24)5-4-8-29-23(26)27)21(37)31-15(6-7-17(25)34)20(36)32-16(22(38)39)9-13-10-28-11-30-13/h10-12,14-16,18H,3-9,24H2,1-2H3,(H2,25,34)(H,28,30)(H,31,37)(H,32,36)(H,33,35)(H,38,39)(H4,26,27,29). The molecule has 1 rings (SSSR count). The summed E-state index contributed by atoms with van der Waals surface area (Å²) in [5.41, 5.74) is 22.2. The van der Waals surface area contributed by atoms with Crippen LogP contribution in [0.2, 0.25) is 0 Å². The van der Waals surface area contributed by atoms with Crippen LogP contribution >= 0.6 is 0 Å². The van der Waals surface area contributed by atoms with E-state index in [1.54, 1.807) is 6.92 Å². The van der Waals surface area contributed by atoms with E-state index in [4.69, 9.17) is 22.9 Å². The molecule has 4 amide bonds. The third kappa shape index (κ3) is 12.3. The third-order valence-corrected chi connectivity index (χ3v) is 6.00. The summed E-state index contributed by atoms with van der Waals surface area (Å²) in [6, 6.07) is -4.64. The minimum Gasteiger partial charge on any atom is -0.480 e. The molecule has 0 aliphatic carbocycles. The van der Waals surface area contributed by atoms with Gasteiger partial charge in [-0.25, -0.2) is 9.78 Å². The van der Waals surface area contributed by atoms with E-state index in [9.17, 15) is 29.1 Å². The monoisotopic (exact) mass is 552 g/mol. The molecule has 1 heterocycles. The SMILES string of the molecule is CCC(C)C(NC(=O)C(N)CCCN=C(N)N)C(=O)NC(CCC(N)=O)C(=O)NC(Cc1cnc[nH]1)C(=O)O. The molecule has 39 heavy (non-hydrogen) atoms. The Balaban J connectivity index is 2.97. The van der Waals surface area contributed by atoms with Gasteiger partial charge in [0.2, 0.25) is 23.6 Å². The maximum atomic E-state index is 13.2. The number of guanidine groups is 1. The molecule has 0 aromatic carbocycles. The van der Waals surface area contributed by atoms with Crippen molar-refractivity contribution in [1.82, 2.24) is 25.9 Å². The normalized spacial score (nSPS) is 14.6. The van der Waals surface area contributed by atoms with Crippen molar-refractivity contribution in [1.29, 1.82) is 0 Å². The molecule has 0 bridgehead atoms. The molecule has 0 radical (unpaired) electrons. The maximum Gasteiger partial charge on any atom is 0.326 e. The molecule has 0 saturated heterocycles. The van der Waals surface area contributed by atoms with Crippen molar-refractivity contribution in [2.24, 2.45) is 33.8 Å². The molecule has 0 saturated carbocycles. The first-order valence-corrected chi connectivity index (χ1v) is 12.6. The Bertz CT molecular complexity index is 996. The largest absolute Gasteiger partial charge is 0.480 e. The van der Waals surface area contributed by atoms with Crippen LogP contribution in [0.5, 0.6) is 0 Å². The van der Waals surface area contributed by atoms with Gasteiger partial charge < -0.3 is 49.0 Å². The van der Waals surface area contributed by atoms with Crippen LogP contribution in [0.1, 0.15) is 51.6 Å². The predicted octanol–water partition coefficient (Wildman–Crippen LogP) is -2.82. The summed E-state index contributed by atoms with van der Waals surface area (Å²) in [6.07, 6.45) is 3.45. The summed E-state index contributed by atoms with van der Waals surface area (Å²) in [5, 5.41) is 17.1. The molecule has 5 unspecified atom stereocenters. The predicted molar refractivity (Wildman–Crippen MR) is 141 cm³/mol. The van der Waals surface area contributed by atoms with Gasteiger partial charge in [0.05, 0.1) is 12.4 Å². The quantitative estimate of drug-likeness (QED) is 0.0511. The fourth-order valence-electron chi connectivity index (χ4n) is 3.52. The smallest absolute Gasteiger partial charge is 0.326 e. The van der Waals surface area contributed by atoms with E-state index in [0.717, 1.165) is 0 Å². The fraction of sp³-hybridized carbons (Fsp3) is 0.609. The zero-order valence-corrected chi connectivity index (χ0v) is 22.2. The second-order valence-corrected chi connectivity index (χ2v) is 9.17. The van der Waals surface area contributed by atoms with Gasteiger partial charge in [-0.2, -0.15) is 0 Å². The van der Waals surface area contributed by atoms with Gasteiger partial charge in [0.15, 0.2) is 5.96 Å². The first-order chi connectivity index (χ1) is 18.3. The van der Waals surface area contributed by atoms with Crippen molar-refractivity contribution >= 4 is 35.6 Å². The number of rotatable bonds is 18. The fourth-order valence-corrected chi connectivity index (χ4v) is 3.52. The van der Waals surface area contributed by atoms with E-state index in [1.165, 1.54) is 12.5 Å². The van der Waals surface area contributed by atoms with Crippen molar-refractivity contribution in [3.63, 3.8) is 0 Å². The van der Waals surface area contributed by atoms with Crippen LogP contribution in [0.25, 0.3) is 0 Å². The van der Waals surface area contributed by atoms with Crippen LogP contribution in [0, 0.1) is 5.92 Å². The lowest BCUT2D eigenvalue weighted by Crippen LogP contribution is -2.58. The number of primary amides is 1. The van der Waals surface area contributed by atoms with Crippen LogP contribution in [0.15, 0.2) is 17.5 Å². The molecule has 16 heteroatoms. The highest BCUT2D eigenvalue weighted by Crippen LogP contribution is 2.11. The Labute approximate surface area is 226 Å². The van der Waals surface area contributed by atoms with Gasteiger partial charge in [-0.1, -0.05) is 20.3 Å². The van der Waals surface area contributed by atoms with Crippen LogP contribution in [0.4, 0.5) is 0 Å². The summed E-state index contributed by atoms with van der Waals surface area (Å²) in [4.78, 5) is 72.5. The zero-order chi connectivity index (χ0) is 29.5. The summed E-state index contributed by atoms with van der Waals surface area (Å²) in [5.74, 6) is -4.56. The number of hydrogen-bond acceptors (Lipinski definition) is 8. The number of nitrogens with zero attached hydrogens (tertiary/aromatic N) is 2. The number of H-pyrrole nitrogens is 1. The molecule has 1 aromatic heterocycles. The first kappa shape index (κ1) is 32.8. The summed E-state index contributed by atoms with van der Waals surface area (Å²) in [7, 11) is 0. The van der Waals surface area contributed by atoms with Crippen LogP contribution < -0.4 is 38.9 Å². The Hall–Kier alpha value is -4.21. The lowest BCUT2D eigenvalue weighted by Gasteiger charge is -2.28. The number of aliphatic carboxylic acids is 1. The number of carbonyl (C=O) groups is 5. The zero-order valence-electron chi connectivity index (χ0n) is 22.2. The molecule has 13 N–H and O–H groups in total. The van der Waals surface area contributed by atoms with Gasteiger partial charge in [0, 0.05) is 31.3 Å². The number of carboxylic acids is 1. The molecular weight excluding hydrogens is 512 g/mol. The number of aromatic amines is 1. The molecule has 1 aromatic rings. The van der Waals surface area contributed by atoms with E-state index < -0.39 is 53.8 Å². The van der Waals surface area contributed by atoms with Crippen molar-refractivity contribution < 1.29 is 29.1 Å². The van der Waals surface area contributed by atoms with Crippen LogP contribution in [-0.2, 0) is 30.4 Å². The van der Waals surface area contributed by atoms with Crippen molar-refractivity contribution in [3.8, 4) is 0 Å². The van der Waals surface area contributed by atoms with Crippen molar-refractivity contribution in [3.05, 3.63) is 18.2 Å². The number of nitrogens with one attached hydrogen (secondary N) is 4. The minimum atomic E-state index is -1.34. The highest BCUT2D eigenvalue weighted by atomic mass is 16.4. The minimum absolute atomic E-state index is 0.0764. The Morgan fingerprint density at radius 1 is 1.03 bits per heavy atom. The molecule has 218 valence electrons. The lowest BCUT2D eigenvalue weighted by molar-refractivity contribution is -0.142. The molecule has 0 spiro atoms. The van der Waals surface area contributed by atoms with E-state index in [1.807, 2.05) is 6.92 Å². The molecule has 0 fully saturated rings. The van der Waals surface area contributed by atoms with Crippen molar-refractivity contribution in [2.45, 2.75) is 76.5 Å². The number of carbonyl (C=O) groups excluding carboxylic acids is 4. The van der Waals surface area contributed by atoms with Crippen molar-refractivity contribution in [2.75, 3.05) is 6.54 Å². The summed E-state index contributed by atoms with van der Waals surface area (Å²) >= 11 is 0. The number of imidazole rings is 1. The number of aromatic nitrogens is 2. The van der Waals surface area contributed by atoms with E-state index in [0.29, 0.717) is 18.5 Å². The molecule has 5 atom stereocenters. The highest BCUT2D eigenvalue weighted by Gasteiger charge is 2.32. The third-order valence-electron chi connectivity index (χ3n) is 6.00. The lowest BCUT2D eigenvalue weighted by atomic mass is 9.96. The average molecular weight is 553 g/mol. The number of amides is 4. The van der Waals surface area contributed by atoms with E-state index in [2.05, 4.69) is 30.9 Å². The first-order valence-electron chi connectivity index (χ1n) is 12.6. The second-order valence-electron chi connectivity index (χ2n) is 9.17. The van der Waals surface area contributed by atoms with Crippen LogP contribution in [-0.4, -0.2) is 81.3 Å². The van der Waals surface area contributed by atoms with Gasteiger partial charge in [0.25, 0.3) is 0 Å². The van der Waals surface area contributed by atoms with Gasteiger partial charge in [0.1, 0.15) is 18.1 Å². The summed E-state index contributed by atoms with van der Waals surface area (Å²) < 4.78 is 0. The van der Waals surface area contributed by atoms with Gasteiger partial charge >= 0.3 is 5.97 Å². The Morgan fingerprint density at radius 3 is 2.23 bits per heavy atom. The van der Waals surface area contributed by atoms with E-state index in [-0.39, 0.29) is 44.1 Å². The number of carboxylic acid groups (broad SMARTS) is 1. The molecule has 0 aliphatic heterocycles. The van der Waals surface area contributed by atoms with Gasteiger partial charge in [-0.3, -0.25) is 24.2 Å². The second kappa shape index (κ2) is 16.6. The average Bonchev–Trinajstić information content (AvgIpc) is 3.39. The Morgan fingerprint density at radius 2 is 1.69 bits per heavy atom. The van der Waals surface area contributed by atoms with Gasteiger partial charge in [-0.15, -0.1) is 0 Å². The number of hydrogen-bond donors (Lipinski definition) is 9. The van der Waals surface area contributed by atoms with Gasteiger partial charge in [-0.05, 0) is 25.2 Å². The van der Waals surface area contributed by atoms with Crippen LogP contribution in [0.3, 0.4) is 0 Å². The Kier molecular flexibility index (Phi) is 14.0. The maximum absolute atomic E-state index is 13.2. The van der Waals surface area contributed by atoms with E-state index >= 15 is 0 Å².